The third-order valence-corrected chi connectivity index (χ3v) is 10.9. The van der Waals surface area contributed by atoms with E-state index in [0.29, 0.717) is 33.0 Å². The first-order valence-corrected chi connectivity index (χ1v) is 17.7. The van der Waals surface area contributed by atoms with Crippen LogP contribution in [-0.4, -0.2) is 15.9 Å². The summed E-state index contributed by atoms with van der Waals surface area (Å²) in [7, 11) is 0. The van der Waals surface area contributed by atoms with Crippen molar-refractivity contribution in [1.29, 1.82) is 0 Å². The molecule has 3 nitrogen and oxygen atoms in total. The molecular formula is C45H45F3IrNO2-. The summed E-state index contributed by atoms with van der Waals surface area (Å²) in [5.41, 5.74) is 1.71. The van der Waals surface area contributed by atoms with Crippen LogP contribution in [0, 0.1) is 22.7 Å². The van der Waals surface area contributed by atoms with Gasteiger partial charge in [0.25, 0.3) is 6.43 Å². The second kappa shape index (κ2) is 17.0. The van der Waals surface area contributed by atoms with Gasteiger partial charge in [-0.05, 0) is 59.0 Å². The maximum absolute atomic E-state index is 15.5. The summed E-state index contributed by atoms with van der Waals surface area (Å²) in [5, 5.41) is 14.0. The van der Waals surface area contributed by atoms with Crippen molar-refractivity contribution in [3.05, 3.63) is 126 Å². The molecule has 1 N–H and O–H groups in total. The topological polar surface area (TPSA) is 50.2 Å². The molecular weight excluding hydrogens is 836 g/mol. The molecule has 1 radical (unpaired) electrons. The Balaban J connectivity index is 0.000000289. The molecule has 0 aliphatic carbocycles. The Bertz CT molecular complexity index is 2210. The molecule has 273 valence electrons. The number of rotatable bonds is 10. The van der Waals surface area contributed by atoms with Crippen molar-refractivity contribution in [2.75, 3.05) is 0 Å². The van der Waals surface area contributed by atoms with Crippen LogP contribution in [0.4, 0.5) is 13.2 Å². The molecule has 0 atom stereocenters. The minimum atomic E-state index is -2.63. The predicted octanol–water partition coefficient (Wildman–Crippen LogP) is 13.4. The van der Waals surface area contributed by atoms with E-state index in [9.17, 15) is 18.7 Å². The number of hydrogen-bond acceptors (Lipinski definition) is 3. The quantitative estimate of drug-likeness (QED) is 0.0645. The number of ketones is 1. The van der Waals surface area contributed by atoms with Crippen LogP contribution < -0.4 is 0 Å². The van der Waals surface area contributed by atoms with Crippen LogP contribution in [-0.2, 0) is 24.9 Å². The number of hydrogen-bond donors (Lipinski definition) is 1. The minimum Gasteiger partial charge on any atom is -0.512 e. The number of aliphatic hydroxyl groups excluding tert-OH is 1. The molecule has 6 aromatic rings. The summed E-state index contributed by atoms with van der Waals surface area (Å²) in [6.45, 7) is 12.1. The normalized spacial score (nSPS) is 12.2. The number of allylic oxidation sites excluding steroid dienone is 2. The van der Waals surface area contributed by atoms with Gasteiger partial charge in [0.15, 0.2) is 5.78 Å². The molecule has 0 unspecified atom stereocenters. The summed E-state index contributed by atoms with van der Waals surface area (Å²) in [5.74, 6) is -0.00466. The molecule has 0 saturated carbocycles. The van der Waals surface area contributed by atoms with Crippen molar-refractivity contribution in [3.8, 4) is 22.4 Å². The summed E-state index contributed by atoms with van der Waals surface area (Å²) < 4.78 is 43.2. The number of carbonyl (C=O) groups is 1. The third-order valence-electron chi connectivity index (χ3n) is 10.9. The maximum atomic E-state index is 15.5. The SMILES string of the molecule is CCC(C)(CC)C(=O)/C=C(\O)C(C)(CC)CC.Fc1c(-c2ccccc2)ccc2c1ccc1c(-c3[c-]c4ccccc4c(C(F)F)c3)nccc12.[Ir]. The molecule has 0 aliphatic heterocycles. The summed E-state index contributed by atoms with van der Waals surface area (Å²) in [6.07, 6.45) is 3.76. The Kier molecular flexibility index (Phi) is 13.2. The number of aliphatic hydroxyl groups is 1. The molecule has 0 fully saturated rings. The zero-order valence-electron chi connectivity index (χ0n) is 30.5. The largest absolute Gasteiger partial charge is 0.512 e. The van der Waals surface area contributed by atoms with Gasteiger partial charge in [0, 0.05) is 59.9 Å². The number of benzene rings is 5. The Morgan fingerprint density at radius 1 is 0.769 bits per heavy atom. The van der Waals surface area contributed by atoms with Gasteiger partial charge in [-0.3, -0.25) is 9.78 Å². The van der Waals surface area contributed by atoms with Gasteiger partial charge in [-0.2, -0.15) is 0 Å². The monoisotopic (exact) mass is 881 g/mol. The van der Waals surface area contributed by atoms with Crippen LogP contribution in [0.15, 0.2) is 109 Å². The molecule has 52 heavy (non-hydrogen) atoms. The second-order valence-electron chi connectivity index (χ2n) is 13.6. The Hall–Kier alpha value is -4.32. The average Bonchev–Trinajstić information content (AvgIpc) is 3.16. The van der Waals surface area contributed by atoms with Crippen molar-refractivity contribution >= 4 is 38.1 Å². The smallest absolute Gasteiger partial charge is 0.251 e. The van der Waals surface area contributed by atoms with Gasteiger partial charge in [-0.25, -0.2) is 13.2 Å². The third kappa shape index (κ3) is 8.01. The number of fused-ring (bicyclic) bond motifs is 4. The molecule has 1 heterocycles. The Morgan fingerprint density at radius 2 is 1.35 bits per heavy atom. The van der Waals surface area contributed by atoms with Gasteiger partial charge < -0.3 is 5.11 Å². The van der Waals surface area contributed by atoms with Crippen LogP contribution in [0.5, 0.6) is 0 Å². The molecule has 0 saturated heterocycles. The van der Waals surface area contributed by atoms with Crippen molar-refractivity contribution in [1.82, 2.24) is 4.98 Å². The fourth-order valence-corrected chi connectivity index (χ4v) is 6.34. The summed E-state index contributed by atoms with van der Waals surface area (Å²) in [4.78, 5) is 16.7. The fraction of sp³-hybridized carbons (Fsp3) is 0.289. The molecule has 0 aliphatic rings. The van der Waals surface area contributed by atoms with Gasteiger partial charge in [-0.1, -0.05) is 125 Å². The van der Waals surface area contributed by atoms with E-state index in [1.165, 1.54) is 12.1 Å². The first kappa shape index (κ1) is 40.4. The predicted molar refractivity (Wildman–Crippen MR) is 204 cm³/mol. The first-order valence-electron chi connectivity index (χ1n) is 17.7. The summed E-state index contributed by atoms with van der Waals surface area (Å²) in [6, 6.07) is 30.2. The number of aromatic nitrogens is 1. The van der Waals surface area contributed by atoms with E-state index in [1.54, 1.807) is 42.6 Å². The molecule has 6 rings (SSSR count). The molecule has 0 bridgehead atoms. The molecule has 7 heteroatoms. The number of nitrogens with zero attached hydrogens (tertiary/aromatic N) is 1. The van der Waals surface area contributed by atoms with E-state index in [-0.39, 0.29) is 53.9 Å². The van der Waals surface area contributed by atoms with Crippen LogP contribution in [0.25, 0.3) is 54.7 Å². The zero-order chi connectivity index (χ0) is 36.9. The average molecular weight is 881 g/mol. The van der Waals surface area contributed by atoms with Gasteiger partial charge in [0.2, 0.25) is 0 Å². The number of carbonyl (C=O) groups excluding carboxylic acids is 1. The van der Waals surface area contributed by atoms with Crippen molar-refractivity contribution < 1.29 is 43.2 Å². The second-order valence-corrected chi connectivity index (χ2v) is 13.6. The summed E-state index contributed by atoms with van der Waals surface area (Å²) >= 11 is 0. The van der Waals surface area contributed by atoms with Gasteiger partial charge in [0.05, 0.1) is 0 Å². The molecule has 5 aromatic carbocycles. The van der Waals surface area contributed by atoms with E-state index >= 15 is 4.39 Å². The number of alkyl halides is 2. The van der Waals surface area contributed by atoms with Gasteiger partial charge >= 0.3 is 0 Å². The maximum Gasteiger partial charge on any atom is 0.251 e. The molecule has 0 amide bonds. The first-order chi connectivity index (χ1) is 24.4. The van der Waals surface area contributed by atoms with E-state index in [2.05, 4.69) is 11.1 Å². The van der Waals surface area contributed by atoms with Crippen LogP contribution in [0.3, 0.4) is 0 Å². The fourth-order valence-electron chi connectivity index (χ4n) is 6.34. The van der Waals surface area contributed by atoms with Crippen LogP contribution in [0.2, 0.25) is 0 Å². The van der Waals surface area contributed by atoms with Gasteiger partial charge in [0.1, 0.15) is 11.6 Å². The van der Waals surface area contributed by atoms with Crippen molar-refractivity contribution in [3.63, 3.8) is 0 Å². The van der Waals surface area contributed by atoms with E-state index in [4.69, 9.17) is 0 Å². The van der Waals surface area contributed by atoms with E-state index in [0.717, 1.165) is 47.4 Å². The number of pyridine rings is 1. The standard InChI is InChI=1S/C30H17F3N.C15H28O2.Ir/c31-28-22(18-6-2-1-3-7-18)10-11-23-24-14-15-34-29(26(24)13-12-25(23)28)20-16-19-8-4-5-9-21(19)27(17-20)30(32)33;1-7-14(5,8-2)12(16)11-13(17)15(6,9-3)10-4;/h1-15,17,30H;11,16H,7-10H2,1-6H3;/q-1;;/b;12-11-;. The minimum absolute atomic E-state index is 0. The van der Waals surface area contributed by atoms with Crippen LogP contribution >= 0.6 is 0 Å². The van der Waals surface area contributed by atoms with E-state index < -0.39 is 6.43 Å². The zero-order valence-corrected chi connectivity index (χ0v) is 32.9. The van der Waals surface area contributed by atoms with Crippen molar-refractivity contribution in [2.45, 2.75) is 73.7 Å². The molecule has 1 aromatic heterocycles. The van der Waals surface area contributed by atoms with Gasteiger partial charge in [-0.15, -0.1) is 23.6 Å². The Morgan fingerprint density at radius 3 is 1.98 bits per heavy atom. The Labute approximate surface area is 318 Å². The number of halogens is 3. The van der Waals surface area contributed by atoms with Crippen molar-refractivity contribution in [2.24, 2.45) is 10.8 Å². The van der Waals surface area contributed by atoms with Crippen LogP contribution in [0.1, 0.15) is 79.2 Å². The molecule has 0 spiro atoms. The van der Waals surface area contributed by atoms with E-state index in [1.807, 2.05) is 90.1 Å².